The van der Waals surface area contributed by atoms with Gasteiger partial charge in [-0.15, -0.1) is 0 Å². The van der Waals surface area contributed by atoms with Gasteiger partial charge in [0, 0.05) is 0 Å². The summed E-state index contributed by atoms with van der Waals surface area (Å²) in [6.45, 7) is 4.25. The third-order valence-electron chi connectivity index (χ3n) is 2.36. The summed E-state index contributed by atoms with van der Waals surface area (Å²) in [7, 11) is 0. The Morgan fingerprint density at radius 2 is 1.28 bits per heavy atom. The molecule has 0 aliphatic rings. The number of rotatable bonds is 5. The van der Waals surface area contributed by atoms with Gasteiger partial charge in [0.05, 0.1) is 0 Å². The Hall–Kier alpha value is -0.661. The van der Waals surface area contributed by atoms with Crippen molar-refractivity contribution in [1.82, 2.24) is 9.97 Å². The zero-order valence-corrected chi connectivity index (χ0v) is 14.0. The van der Waals surface area contributed by atoms with Gasteiger partial charge in [-0.25, -0.2) is 0 Å². The molecule has 0 aliphatic heterocycles. The number of hydrogen-bond donors (Lipinski definition) is 0. The van der Waals surface area contributed by atoms with Crippen LogP contribution in [0.3, 0.4) is 0 Å². The predicted molar refractivity (Wildman–Crippen MR) is 78.3 cm³/mol. The zero-order chi connectivity index (χ0) is 12.8. The molecule has 18 heavy (non-hydrogen) atoms. The van der Waals surface area contributed by atoms with Gasteiger partial charge >= 0.3 is 121 Å². The Morgan fingerprint density at radius 3 is 1.67 bits per heavy atom. The minimum absolute atomic E-state index is 0.512. The maximum absolute atomic E-state index is 4.42. The van der Waals surface area contributed by atoms with Crippen LogP contribution in [0, 0.1) is 13.8 Å². The first-order valence-electron chi connectivity index (χ1n) is 5.85. The topological polar surface area (TPSA) is 25.8 Å². The van der Waals surface area contributed by atoms with Gasteiger partial charge in [-0.1, -0.05) is 0 Å². The van der Waals surface area contributed by atoms with E-state index in [0.29, 0.717) is 29.9 Å². The third-order valence-corrected chi connectivity index (χ3v) is 7.57. The Bertz CT molecular complexity index is 467. The van der Waals surface area contributed by atoms with Crippen LogP contribution in [0.15, 0.2) is 36.7 Å². The molecule has 0 bridgehead atoms. The van der Waals surface area contributed by atoms with E-state index in [1.807, 2.05) is 12.4 Å². The molecular weight excluding hydrogens is 354 g/mol. The Balaban J connectivity index is 1.76. The van der Waals surface area contributed by atoms with Gasteiger partial charge in [0.25, 0.3) is 0 Å². The van der Waals surface area contributed by atoms with Crippen molar-refractivity contribution >= 4 is 39.1 Å². The molecule has 0 saturated heterocycles. The number of aromatic nitrogens is 2. The summed E-state index contributed by atoms with van der Waals surface area (Å²) in [5.74, 6) is 0. The van der Waals surface area contributed by atoms with Crippen LogP contribution in [0.2, 0.25) is 10.6 Å². The van der Waals surface area contributed by atoms with E-state index in [2.05, 4.69) is 48.1 Å². The molecule has 2 rings (SSSR count). The van der Waals surface area contributed by atoms with Crippen LogP contribution < -0.4 is 9.18 Å². The molecule has 0 amide bonds. The summed E-state index contributed by atoms with van der Waals surface area (Å²) in [6, 6.07) is 8.52. The molecule has 2 nitrogen and oxygen atoms in total. The Kier molecular flexibility index (Phi) is 5.40. The van der Waals surface area contributed by atoms with Gasteiger partial charge in [0.15, 0.2) is 0 Å². The van der Waals surface area contributed by atoms with Gasteiger partial charge in [-0.2, -0.15) is 0 Å². The van der Waals surface area contributed by atoms with Crippen molar-refractivity contribution < 1.29 is 0 Å². The standard InChI is InChI=1S/C14H16N2Se2/c1-11-3-5-15-13(9-11)17-7-8-18-14-10-12(2)4-6-16-14/h3-6,9-10H,7-8H2,1-2H3. The molecule has 0 aliphatic carbocycles. The quantitative estimate of drug-likeness (QED) is 0.586. The van der Waals surface area contributed by atoms with E-state index in [4.69, 9.17) is 0 Å². The molecule has 4 heteroatoms. The molecule has 0 atom stereocenters. The summed E-state index contributed by atoms with van der Waals surface area (Å²) >= 11 is 1.02. The summed E-state index contributed by atoms with van der Waals surface area (Å²) in [6.07, 6.45) is 3.83. The zero-order valence-electron chi connectivity index (χ0n) is 10.6. The molecule has 2 heterocycles. The molecule has 0 saturated carbocycles. The average molecular weight is 370 g/mol. The summed E-state index contributed by atoms with van der Waals surface area (Å²) in [5.41, 5.74) is 2.63. The second kappa shape index (κ2) is 7.06. The third kappa shape index (κ3) is 4.55. The van der Waals surface area contributed by atoms with Gasteiger partial charge in [0.1, 0.15) is 0 Å². The first kappa shape index (κ1) is 13.8. The van der Waals surface area contributed by atoms with Crippen LogP contribution in [-0.4, -0.2) is 39.9 Å². The molecule has 0 aromatic carbocycles. The van der Waals surface area contributed by atoms with E-state index in [1.165, 1.54) is 31.0 Å². The van der Waals surface area contributed by atoms with Crippen molar-refractivity contribution in [2.24, 2.45) is 0 Å². The van der Waals surface area contributed by atoms with Crippen LogP contribution in [0.5, 0.6) is 0 Å². The normalized spacial score (nSPS) is 10.6. The van der Waals surface area contributed by atoms with E-state index >= 15 is 0 Å². The van der Waals surface area contributed by atoms with E-state index in [9.17, 15) is 0 Å². The SMILES string of the molecule is Cc1ccnc([Se]CC[Se]c2cc(C)ccn2)c1. The van der Waals surface area contributed by atoms with E-state index in [1.54, 1.807) is 0 Å². The fourth-order valence-corrected chi connectivity index (χ4v) is 6.21. The van der Waals surface area contributed by atoms with Gasteiger partial charge in [0.2, 0.25) is 0 Å². The van der Waals surface area contributed by atoms with Crippen LogP contribution in [0.25, 0.3) is 0 Å². The molecule has 0 unspecified atom stereocenters. The number of pyridine rings is 2. The summed E-state index contributed by atoms with van der Waals surface area (Å²) < 4.78 is 2.55. The van der Waals surface area contributed by atoms with Crippen molar-refractivity contribution in [2.45, 2.75) is 24.5 Å². The number of aryl methyl sites for hydroxylation is 2. The minimum atomic E-state index is 0.512. The maximum atomic E-state index is 4.42. The molecule has 2 aromatic heterocycles. The van der Waals surface area contributed by atoms with Crippen LogP contribution in [0.1, 0.15) is 11.1 Å². The van der Waals surface area contributed by atoms with Crippen LogP contribution in [-0.2, 0) is 0 Å². The molecule has 0 N–H and O–H groups in total. The summed E-state index contributed by atoms with van der Waals surface area (Å²) in [4.78, 5) is 8.83. The van der Waals surface area contributed by atoms with Gasteiger partial charge < -0.3 is 0 Å². The van der Waals surface area contributed by atoms with Crippen molar-refractivity contribution in [1.29, 1.82) is 0 Å². The second-order valence-corrected chi connectivity index (χ2v) is 8.72. The average Bonchev–Trinajstić information content (AvgIpc) is 2.35. The summed E-state index contributed by atoms with van der Waals surface area (Å²) in [5, 5.41) is 2.53. The molecule has 2 aromatic rings. The fraction of sp³-hybridized carbons (Fsp3) is 0.286. The number of nitrogens with zero attached hydrogens (tertiary/aromatic N) is 2. The Morgan fingerprint density at radius 1 is 0.833 bits per heavy atom. The number of hydrogen-bond acceptors (Lipinski definition) is 2. The van der Waals surface area contributed by atoms with Crippen molar-refractivity contribution in [2.75, 3.05) is 0 Å². The molecular formula is C14H16N2Se2. The van der Waals surface area contributed by atoms with E-state index < -0.39 is 0 Å². The van der Waals surface area contributed by atoms with Gasteiger partial charge in [-0.05, 0) is 0 Å². The molecule has 94 valence electrons. The fourth-order valence-electron chi connectivity index (χ4n) is 1.47. The van der Waals surface area contributed by atoms with Crippen molar-refractivity contribution in [3.05, 3.63) is 47.8 Å². The predicted octanol–water partition coefficient (Wildman–Crippen LogP) is 1.29. The molecule has 0 radical (unpaired) electrons. The van der Waals surface area contributed by atoms with Crippen LogP contribution >= 0.6 is 0 Å². The molecule has 0 spiro atoms. The van der Waals surface area contributed by atoms with Crippen LogP contribution in [0.4, 0.5) is 0 Å². The first-order chi connectivity index (χ1) is 8.74. The van der Waals surface area contributed by atoms with E-state index in [-0.39, 0.29) is 0 Å². The van der Waals surface area contributed by atoms with Crippen molar-refractivity contribution in [3.63, 3.8) is 0 Å². The van der Waals surface area contributed by atoms with E-state index in [0.717, 1.165) is 0 Å². The Labute approximate surface area is 121 Å². The van der Waals surface area contributed by atoms with Crippen molar-refractivity contribution in [3.8, 4) is 0 Å². The first-order valence-corrected chi connectivity index (χ1v) is 9.98. The monoisotopic (exact) mass is 372 g/mol. The van der Waals surface area contributed by atoms with Gasteiger partial charge in [-0.3, -0.25) is 0 Å². The molecule has 0 fully saturated rings. The second-order valence-electron chi connectivity index (χ2n) is 4.04.